The Hall–Kier alpha value is -0.560. The molecular formula is C15H24ClN. The van der Waals surface area contributed by atoms with Crippen LogP contribution in [0.2, 0.25) is 5.02 Å². The molecule has 96 valence electrons. The second-order valence-electron chi connectivity index (χ2n) is 6.99. The molecule has 0 radical (unpaired) electrons. The Bertz CT molecular complexity index is 365. The minimum atomic E-state index is -0.00934. The third-order valence-corrected chi connectivity index (χ3v) is 4.46. The summed E-state index contributed by atoms with van der Waals surface area (Å²) in [7, 11) is 0. The van der Waals surface area contributed by atoms with Crippen molar-refractivity contribution < 1.29 is 0 Å². The molecule has 0 aliphatic heterocycles. The van der Waals surface area contributed by atoms with Crippen molar-refractivity contribution in [3.63, 3.8) is 0 Å². The molecule has 0 saturated heterocycles. The van der Waals surface area contributed by atoms with Gasteiger partial charge in [0.25, 0.3) is 0 Å². The summed E-state index contributed by atoms with van der Waals surface area (Å²) in [5, 5.41) is 0.693. The summed E-state index contributed by atoms with van der Waals surface area (Å²) in [4.78, 5) is 4.55. The van der Waals surface area contributed by atoms with Gasteiger partial charge in [-0.2, -0.15) is 0 Å². The molecule has 0 N–H and O–H groups in total. The van der Waals surface area contributed by atoms with E-state index in [9.17, 15) is 0 Å². The van der Waals surface area contributed by atoms with Gasteiger partial charge in [0, 0.05) is 17.3 Å². The van der Waals surface area contributed by atoms with Crippen LogP contribution < -0.4 is 0 Å². The Balaban J connectivity index is 3.41. The minimum Gasteiger partial charge on any atom is -0.259 e. The van der Waals surface area contributed by atoms with E-state index in [1.165, 1.54) is 0 Å². The first-order valence-corrected chi connectivity index (χ1v) is 6.50. The topological polar surface area (TPSA) is 12.9 Å². The molecule has 0 saturated carbocycles. The van der Waals surface area contributed by atoms with E-state index in [1.54, 1.807) is 6.20 Å². The molecule has 0 fully saturated rings. The zero-order valence-electron chi connectivity index (χ0n) is 12.1. The van der Waals surface area contributed by atoms with Crippen LogP contribution in [0, 0.1) is 10.8 Å². The third-order valence-electron chi connectivity index (χ3n) is 4.24. The molecule has 0 aliphatic carbocycles. The van der Waals surface area contributed by atoms with Crippen molar-refractivity contribution in [1.82, 2.24) is 4.98 Å². The monoisotopic (exact) mass is 253 g/mol. The molecule has 0 spiro atoms. The molecule has 0 bridgehead atoms. The standard InChI is InChI=1S/C15H24ClN/c1-13(2,3)15(7,14(4,5)6)12-9-8-11(16)10-17-12/h8-10H,1-7H3. The summed E-state index contributed by atoms with van der Waals surface area (Å²) in [6, 6.07) is 3.98. The fourth-order valence-electron chi connectivity index (χ4n) is 2.57. The maximum atomic E-state index is 5.93. The van der Waals surface area contributed by atoms with Crippen LogP contribution in [0.15, 0.2) is 18.3 Å². The normalized spacial score (nSPS) is 13.9. The molecule has 0 aromatic carbocycles. The highest BCUT2D eigenvalue weighted by Crippen LogP contribution is 2.52. The smallest absolute Gasteiger partial charge is 0.0589 e. The number of aromatic nitrogens is 1. The second-order valence-corrected chi connectivity index (χ2v) is 7.42. The van der Waals surface area contributed by atoms with Crippen LogP contribution in [0.4, 0.5) is 0 Å². The van der Waals surface area contributed by atoms with Gasteiger partial charge >= 0.3 is 0 Å². The van der Waals surface area contributed by atoms with E-state index >= 15 is 0 Å². The van der Waals surface area contributed by atoms with E-state index in [0.717, 1.165) is 5.69 Å². The van der Waals surface area contributed by atoms with Crippen molar-refractivity contribution >= 4 is 11.6 Å². The molecule has 1 aromatic rings. The maximum absolute atomic E-state index is 5.93. The van der Waals surface area contributed by atoms with Crippen molar-refractivity contribution in [3.05, 3.63) is 29.0 Å². The Morgan fingerprint density at radius 3 is 1.65 bits per heavy atom. The van der Waals surface area contributed by atoms with Gasteiger partial charge in [0.05, 0.1) is 5.02 Å². The van der Waals surface area contributed by atoms with Gasteiger partial charge in [0.2, 0.25) is 0 Å². The molecule has 2 heteroatoms. The number of hydrogen-bond acceptors (Lipinski definition) is 1. The van der Waals surface area contributed by atoms with Crippen LogP contribution in [-0.2, 0) is 5.41 Å². The molecular weight excluding hydrogens is 230 g/mol. The first-order chi connectivity index (χ1) is 7.50. The highest BCUT2D eigenvalue weighted by atomic mass is 35.5. The Morgan fingerprint density at radius 2 is 1.35 bits per heavy atom. The fraction of sp³-hybridized carbons (Fsp3) is 0.667. The van der Waals surface area contributed by atoms with E-state index in [-0.39, 0.29) is 16.2 Å². The molecule has 1 heterocycles. The summed E-state index contributed by atoms with van der Waals surface area (Å²) < 4.78 is 0. The molecule has 0 amide bonds. The zero-order chi connectivity index (χ0) is 13.5. The van der Waals surface area contributed by atoms with Crippen molar-refractivity contribution in [2.75, 3.05) is 0 Å². The molecule has 0 aliphatic rings. The minimum absolute atomic E-state index is 0.00934. The highest BCUT2D eigenvalue weighted by molar-refractivity contribution is 6.30. The Kier molecular flexibility index (Phi) is 3.65. The largest absolute Gasteiger partial charge is 0.259 e. The Labute approximate surface area is 111 Å². The fourth-order valence-corrected chi connectivity index (χ4v) is 2.68. The summed E-state index contributed by atoms with van der Waals surface area (Å²) in [6.07, 6.45) is 1.74. The van der Waals surface area contributed by atoms with Gasteiger partial charge in [0.1, 0.15) is 0 Å². The van der Waals surface area contributed by atoms with E-state index in [1.807, 2.05) is 6.07 Å². The van der Waals surface area contributed by atoms with E-state index in [4.69, 9.17) is 11.6 Å². The van der Waals surface area contributed by atoms with Crippen molar-refractivity contribution in [2.45, 2.75) is 53.9 Å². The second kappa shape index (κ2) is 4.28. The highest BCUT2D eigenvalue weighted by Gasteiger charge is 2.48. The van der Waals surface area contributed by atoms with Crippen LogP contribution in [0.1, 0.15) is 54.2 Å². The summed E-state index contributed by atoms with van der Waals surface area (Å²) in [6.45, 7) is 15.9. The molecule has 0 unspecified atom stereocenters. The number of halogens is 1. The number of pyridine rings is 1. The van der Waals surface area contributed by atoms with E-state index in [0.29, 0.717) is 5.02 Å². The van der Waals surface area contributed by atoms with Crippen LogP contribution in [-0.4, -0.2) is 4.98 Å². The summed E-state index contributed by atoms with van der Waals surface area (Å²) in [5.74, 6) is 0. The molecule has 17 heavy (non-hydrogen) atoms. The number of hydrogen-bond donors (Lipinski definition) is 0. The number of rotatable bonds is 1. The maximum Gasteiger partial charge on any atom is 0.0589 e. The van der Waals surface area contributed by atoms with Crippen LogP contribution in [0.3, 0.4) is 0 Å². The molecule has 1 rings (SSSR count). The van der Waals surface area contributed by atoms with Gasteiger partial charge in [-0.25, -0.2) is 0 Å². The molecule has 1 aromatic heterocycles. The van der Waals surface area contributed by atoms with Gasteiger partial charge in [-0.05, 0) is 23.0 Å². The van der Waals surface area contributed by atoms with Gasteiger partial charge in [0.15, 0.2) is 0 Å². The van der Waals surface area contributed by atoms with Gasteiger partial charge in [-0.3, -0.25) is 4.98 Å². The van der Waals surface area contributed by atoms with E-state index in [2.05, 4.69) is 59.5 Å². The summed E-state index contributed by atoms with van der Waals surface area (Å²) >= 11 is 5.93. The van der Waals surface area contributed by atoms with Crippen molar-refractivity contribution in [2.24, 2.45) is 10.8 Å². The van der Waals surface area contributed by atoms with Gasteiger partial charge in [-0.15, -0.1) is 0 Å². The summed E-state index contributed by atoms with van der Waals surface area (Å²) in [5.41, 5.74) is 1.37. The zero-order valence-corrected chi connectivity index (χ0v) is 12.8. The lowest BCUT2D eigenvalue weighted by atomic mass is 9.53. The average molecular weight is 254 g/mol. The quantitative estimate of drug-likeness (QED) is 0.680. The predicted molar refractivity (Wildman–Crippen MR) is 75.5 cm³/mol. The first kappa shape index (κ1) is 14.5. The van der Waals surface area contributed by atoms with Crippen molar-refractivity contribution in [1.29, 1.82) is 0 Å². The Morgan fingerprint density at radius 1 is 0.882 bits per heavy atom. The average Bonchev–Trinajstić information content (AvgIpc) is 2.14. The van der Waals surface area contributed by atoms with Crippen LogP contribution in [0.25, 0.3) is 0 Å². The van der Waals surface area contributed by atoms with Crippen molar-refractivity contribution in [3.8, 4) is 0 Å². The molecule has 1 nitrogen and oxygen atoms in total. The van der Waals surface area contributed by atoms with Gasteiger partial charge in [-0.1, -0.05) is 60.1 Å². The lowest BCUT2D eigenvalue weighted by molar-refractivity contribution is 0.0653. The number of nitrogens with zero attached hydrogens (tertiary/aromatic N) is 1. The molecule has 0 atom stereocenters. The lowest BCUT2D eigenvalue weighted by Gasteiger charge is -2.51. The van der Waals surface area contributed by atoms with Crippen LogP contribution >= 0.6 is 11.6 Å². The predicted octanol–water partition coefficient (Wildman–Crippen LogP) is 5.08. The van der Waals surface area contributed by atoms with E-state index < -0.39 is 0 Å². The first-order valence-electron chi connectivity index (χ1n) is 6.12. The third kappa shape index (κ3) is 2.49. The van der Waals surface area contributed by atoms with Crippen LogP contribution in [0.5, 0.6) is 0 Å². The van der Waals surface area contributed by atoms with Gasteiger partial charge < -0.3 is 0 Å². The SMILES string of the molecule is CC(C)(C)C(C)(c1ccc(Cl)cn1)C(C)(C)C. The lowest BCUT2D eigenvalue weighted by Crippen LogP contribution is -2.48.